The number of morpholine rings is 1. The molecule has 152 valence electrons. The maximum atomic E-state index is 13.2. The highest BCUT2D eigenvalue weighted by Crippen LogP contribution is 2.25. The van der Waals surface area contributed by atoms with Crippen molar-refractivity contribution in [3.05, 3.63) is 35.6 Å². The molecule has 2 aliphatic rings. The zero-order valence-electron chi connectivity index (χ0n) is 16.4. The second kappa shape index (κ2) is 11.2. The lowest BCUT2D eigenvalue weighted by atomic mass is 10.1. The van der Waals surface area contributed by atoms with Gasteiger partial charge in [0.1, 0.15) is 11.9 Å². The van der Waals surface area contributed by atoms with Crippen LogP contribution in [0, 0.1) is 5.82 Å². The molecule has 2 unspecified atom stereocenters. The van der Waals surface area contributed by atoms with E-state index in [0.29, 0.717) is 0 Å². The molecule has 5 nitrogen and oxygen atoms in total. The van der Waals surface area contributed by atoms with Gasteiger partial charge < -0.3 is 19.9 Å². The smallest absolute Gasteiger partial charge is 0.193 e. The molecule has 2 heterocycles. The molecule has 2 saturated heterocycles. The standard InChI is InChI=1S/C20H31FN4O.HI/c1-16-14-25(15-19(26-16)17-6-8-18(21)9-7-17)20(22-2)23-10-13-24-11-4-3-5-12-24;/h6-9,16,19H,3-5,10-15H2,1-2H3,(H,22,23);1H. The zero-order valence-corrected chi connectivity index (χ0v) is 18.7. The lowest BCUT2D eigenvalue weighted by Gasteiger charge is -2.39. The number of hydrogen-bond acceptors (Lipinski definition) is 3. The highest BCUT2D eigenvalue weighted by atomic mass is 127. The summed E-state index contributed by atoms with van der Waals surface area (Å²) in [5.41, 5.74) is 1.01. The molecule has 0 amide bonds. The van der Waals surface area contributed by atoms with E-state index in [-0.39, 0.29) is 42.0 Å². The molecular formula is C20H32FIN4O. The first-order valence-electron chi connectivity index (χ1n) is 9.74. The number of ether oxygens (including phenoxy) is 1. The molecule has 1 N–H and O–H groups in total. The number of hydrogen-bond donors (Lipinski definition) is 1. The highest BCUT2D eigenvalue weighted by Gasteiger charge is 2.28. The van der Waals surface area contributed by atoms with Crippen LogP contribution in [0.15, 0.2) is 29.3 Å². The minimum absolute atomic E-state index is 0. The molecule has 2 atom stereocenters. The van der Waals surface area contributed by atoms with E-state index in [0.717, 1.165) is 37.7 Å². The fourth-order valence-corrected chi connectivity index (χ4v) is 3.83. The van der Waals surface area contributed by atoms with Crippen LogP contribution < -0.4 is 5.32 Å². The minimum atomic E-state index is -0.218. The van der Waals surface area contributed by atoms with Crippen molar-refractivity contribution in [1.82, 2.24) is 15.1 Å². The molecule has 0 radical (unpaired) electrons. The predicted octanol–water partition coefficient (Wildman–Crippen LogP) is 3.27. The Labute approximate surface area is 179 Å². The van der Waals surface area contributed by atoms with Gasteiger partial charge in [0.2, 0.25) is 0 Å². The molecule has 1 aromatic rings. The number of rotatable bonds is 4. The summed E-state index contributed by atoms with van der Waals surface area (Å²) >= 11 is 0. The topological polar surface area (TPSA) is 40.1 Å². The van der Waals surface area contributed by atoms with Gasteiger partial charge in [0.15, 0.2) is 5.96 Å². The lowest BCUT2D eigenvalue weighted by Crippen LogP contribution is -2.51. The normalized spacial score (nSPS) is 24.4. The van der Waals surface area contributed by atoms with Crippen LogP contribution in [0.3, 0.4) is 0 Å². The number of piperidine rings is 1. The van der Waals surface area contributed by atoms with Gasteiger partial charge in [0.05, 0.1) is 12.6 Å². The quantitative estimate of drug-likeness (QED) is 0.400. The third-order valence-corrected chi connectivity index (χ3v) is 5.17. The lowest BCUT2D eigenvalue weighted by molar-refractivity contribution is -0.0605. The predicted molar refractivity (Wildman–Crippen MR) is 118 cm³/mol. The van der Waals surface area contributed by atoms with E-state index in [1.54, 1.807) is 0 Å². The fourth-order valence-electron chi connectivity index (χ4n) is 3.83. The summed E-state index contributed by atoms with van der Waals surface area (Å²) < 4.78 is 19.3. The minimum Gasteiger partial charge on any atom is -0.367 e. The summed E-state index contributed by atoms with van der Waals surface area (Å²) in [4.78, 5) is 9.24. The number of halogens is 2. The van der Waals surface area contributed by atoms with E-state index in [2.05, 4.69) is 27.0 Å². The van der Waals surface area contributed by atoms with E-state index in [1.165, 1.54) is 44.5 Å². The van der Waals surface area contributed by atoms with Crippen molar-refractivity contribution in [3.8, 4) is 0 Å². The summed E-state index contributed by atoms with van der Waals surface area (Å²) in [6.07, 6.45) is 4.02. The molecule has 1 aromatic carbocycles. The largest absolute Gasteiger partial charge is 0.367 e. The molecule has 27 heavy (non-hydrogen) atoms. The third-order valence-electron chi connectivity index (χ3n) is 5.17. The van der Waals surface area contributed by atoms with Crippen LogP contribution in [0.2, 0.25) is 0 Å². The summed E-state index contributed by atoms with van der Waals surface area (Å²) in [7, 11) is 1.83. The number of nitrogens with zero attached hydrogens (tertiary/aromatic N) is 3. The molecule has 2 fully saturated rings. The maximum Gasteiger partial charge on any atom is 0.193 e. The van der Waals surface area contributed by atoms with Crippen molar-refractivity contribution in [3.63, 3.8) is 0 Å². The third kappa shape index (κ3) is 6.57. The summed E-state index contributed by atoms with van der Waals surface area (Å²) in [6.45, 7) is 7.98. The average Bonchev–Trinajstić information content (AvgIpc) is 2.66. The number of guanidine groups is 1. The molecule has 0 spiro atoms. The average molecular weight is 490 g/mol. The van der Waals surface area contributed by atoms with Gasteiger partial charge in [-0.25, -0.2) is 4.39 Å². The van der Waals surface area contributed by atoms with Crippen LogP contribution in [-0.2, 0) is 4.74 Å². The van der Waals surface area contributed by atoms with Crippen molar-refractivity contribution in [2.75, 3.05) is 46.3 Å². The first-order chi connectivity index (χ1) is 12.7. The highest BCUT2D eigenvalue weighted by molar-refractivity contribution is 14.0. The summed E-state index contributed by atoms with van der Waals surface area (Å²) in [6, 6.07) is 6.60. The van der Waals surface area contributed by atoms with Crippen molar-refractivity contribution in [2.45, 2.75) is 38.4 Å². The van der Waals surface area contributed by atoms with Gasteiger partial charge >= 0.3 is 0 Å². The molecule has 7 heteroatoms. The van der Waals surface area contributed by atoms with Gasteiger partial charge in [-0.15, -0.1) is 24.0 Å². The van der Waals surface area contributed by atoms with E-state index in [4.69, 9.17) is 4.74 Å². The Bertz CT molecular complexity index is 592. The number of aliphatic imine (C=N–C) groups is 1. The number of nitrogens with one attached hydrogen (secondary N) is 1. The van der Waals surface area contributed by atoms with Gasteiger partial charge in [0, 0.05) is 26.7 Å². The number of benzene rings is 1. The van der Waals surface area contributed by atoms with E-state index >= 15 is 0 Å². The SMILES string of the molecule is CN=C(NCCN1CCCCC1)N1CC(C)OC(c2ccc(F)cc2)C1.I. The molecule has 3 rings (SSSR count). The first kappa shape index (κ1) is 22.4. The monoisotopic (exact) mass is 490 g/mol. The maximum absolute atomic E-state index is 13.2. The van der Waals surface area contributed by atoms with Crippen LogP contribution >= 0.6 is 24.0 Å². The van der Waals surface area contributed by atoms with Crippen LogP contribution in [0.5, 0.6) is 0 Å². The Balaban J connectivity index is 0.00000261. The van der Waals surface area contributed by atoms with Crippen molar-refractivity contribution in [2.24, 2.45) is 4.99 Å². The number of likely N-dealkylation sites (tertiary alicyclic amines) is 1. The van der Waals surface area contributed by atoms with Crippen molar-refractivity contribution in [1.29, 1.82) is 0 Å². The van der Waals surface area contributed by atoms with Gasteiger partial charge in [-0.2, -0.15) is 0 Å². The second-order valence-electron chi connectivity index (χ2n) is 7.27. The Morgan fingerprint density at radius 3 is 2.56 bits per heavy atom. The molecule has 0 aromatic heterocycles. The van der Waals surface area contributed by atoms with Crippen molar-refractivity contribution >= 4 is 29.9 Å². The van der Waals surface area contributed by atoms with Crippen LogP contribution in [0.4, 0.5) is 4.39 Å². The summed E-state index contributed by atoms with van der Waals surface area (Å²) in [5.74, 6) is 0.703. The zero-order chi connectivity index (χ0) is 18.4. The van der Waals surface area contributed by atoms with E-state index < -0.39 is 0 Å². The molecule has 0 saturated carbocycles. The van der Waals surface area contributed by atoms with Crippen LogP contribution in [0.25, 0.3) is 0 Å². The summed E-state index contributed by atoms with van der Waals surface area (Å²) in [5, 5.41) is 3.51. The second-order valence-corrected chi connectivity index (χ2v) is 7.27. The van der Waals surface area contributed by atoms with Crippen LogP contribution in [0.1, 0.15) is 37.9 Å². The Kier molecular flexibility index (Phi) is 9.25. The van der Waals surface area contributed by atoms with E-state index in [9.17, 15) is 4.39 Å². The van der Waals surface area contributed by atoms with E-state index in [1.807, 2.05) is 19.2 Å². The van der Waals surface area contributed by atoms with Crippen molar-refractivity contribution < 1.29 is 9.13 Å². The first-order valence-corrected chi connectivity index (χ1v) is 9.74. The van der Waals surface area contributed by atoms with Gasteiger partial charge in [-0.1, -0.05) is 18.6 Å². The molecule has 0 aliphatic carbocycles. The molecule has 2 aliphatic heterocycles. The Hall–Kier alpha value is -0.930. The van der Waals surface area contributed by atoms with Crippen LogP contribution in [-0.4, -0.2) is 68.2 Å². The fraction of sp³-hybridized carbons (Fsp3) is 0.650. The van der Waals surface area contributed by atoms with Gasteiger partial charge in [0.25, 0.3) is 0 Å². The van der Waals surface area contributed by atoms with Gasteiger partial charge in [-0.3, -0.25) is 4.99 Å². The molecular weight excluding hydrogens is 458 g/mol. The van der Waals surface area contributed by atoms with Gasteiger partial charge in [-0.05, 0) is 50.6 Å². The molecule has 0 bridgehead atoms. The Morgan fingerprint density at radius 1 is 1.19 bits per heavy atom. The Morgan fingerprint density at radius 2 is 1.89 bits per heavy atom.